The largest absolute Gasteiger partial charge is 0.305 e. The van der Waals surface area contributed by atoms with Crippen LogP contribution in [0.15, 0.2) is 48.5 Å². The van der Waals surface area contributed by atoms with E-state index in [1.807, 2.05) is 24.3 Å². The number of aromatic nitrogens is 2. The third-order valence-electron chi connectivity index (χ3n) is 2.82. The average molecular weight is 272 g/mol. The molecule has 0 fully saturated rings. The Labute approximate surface area is 114 Å². The molecule has 0 radical (unpaired) electrons. The van der Waals surface area contributed by atoms with Gasteiger partial charge in [0, 0.05) is 5.39 Å². The number of aromatic amines is 1. The third-order valence-corrected chi connectivity index (χ3v) is 3.15. The zero-order valence-corrected chi connectivity index (χ0v) is 10.6. The topological polar surface area (TPSA) is 57.8 Å². The molecule has 0 aliphatic carbocycles. The van der Waals surface area contributed by atoms with Crippen molar-refractivity contribution in [1.82, 2.24) is 10.2 Å². The molecule has 0 bridgehead atoms. The number of nitrogens with zero attached hydrogens (tertiary/aromatic N) is 1. The fourth-order valence-electron chi connectivity index (χ4n) is 1.88. The Morgan fingerprint density at radius 2 is 1.84 bits per heavy atom. The highest BCUT2D eigenvalue weighted by molar-refractivity contribution is 6.34. The Morgan fingerprint density at radius 1 is 1.11 bits per heavy atom. The summed E-state index contributed by atoms with van der Waals surface area (Å²) in [4.78, 5) is 12.1. The monoisotopic (exact) mass is 271 g/mol. The average Bonchev–Trinajstić information content (AvgIpc) is 2.83. The summed E-state index contributed by atoms with van der Waals surface area (Å²) in [5.74, 6) is 0.225. The van der Waals surface area contributed by atoms with Gasteiger partial charge < -0.3 is 5.32 Å². The molecule has 1 amide bonds. The Kier molecular flexibility index (Phi) is 2.93. The summed E-state index contributed by atoms with van der Waals surface area (Å²) >= 11 is 5.99. The summed E-state index contributed by atoms with van der Waals surface area (Å²) in [6, 6.07) is 14.5. The van der Waals surface area contributed by atoms with Crippen molar-refractivity contribution in [1.29, 1.82) is 0 Å². The molecule has 5 heteroatoms. The SMILES string of the molecule is O=C(Nc1n[nH]c2ccccc12)c1ccccc1Cl. The van der Waals surface area contributed by atoms with E-state index in [2.05, 4.69) is 15.5 Å². The minimum atomic E-state index is -0.275. The van der Waals surface area contributed by atoms with Gasteiger partial charge in [-0.05, 0) is 24.3 Å². The highest BCUT2D eigenvalue weighted by Gasteiger charge is 2.12. The summed E-state index contributed by atoms with van der Waals surface area (Å²) in [6.07, 6.45) is 0. The van der Waals surface area contributed by atoms with Crippen molar-refractivity contribution in [2.24, 2.45) is 0 Å². The molecule has 2 N–H and O–H groups in total. The lowest BCUT2D eigenvalue weighted by molar-refractivity contribution is 0.102. The van der Waals surface area contributed by atoms with E-state index in [1.165, 1.54) is 0 Å². The van der Waals surface area contributed by atoms with Gasteiger partial charge in [-0.15, -0.1) is 0 Å². The van der Waals surface area contributed by atoms with E-state index < -0.39 is 0 Å². The van der Waals surface area contributed by atoms with E-state index in [4.69, 9.17) is 11.6 Å². The molecule has 0 saturated heterocycles. The molecule has 4 nitrogen and oxygen atoms in total. The van der Waals surface area contributed by atoms with Crippen LogP contribution in [0.25, 0.3) is 10.9 Å². The van der Waals surface area contributed by atoms with E-state index in [0.29, 0.717) is 16.4 Å². The molecular formula is C14H10ClN3O. The standard InChI is InChI=1S/C14H10ClN3O/c15-11-7-3-1-5-9(11)14(19)16-13-10-6-2-4-8-12(10)17-18-13/h1-8H,(H2,16,17,18,19). The number of H-pyrrole nitrogens is 1. The van der Waals surface area contributed by atoms with Gasteiger partial charge in [0.05, 0.1) is 16.1 Å². The van der Waals surface area contributed by atoms with Gasteiger partial charge in [-0.3, -0.25) is 9.89 Å². The Balaban J connectivity index is 1.94. The summed E-state index contributed by atoms with van der Waals surface area (Å²) in [6.45, 7) is 0. The lowest BCUT2D eigenvalue weighted by Crippen LogP contribution is -2.12. The molecule has 1 aromatic heterocycles. The molecule has 19 heavy (non-hydrogen) atoms. The van der Waals surface area contributed by atoms with Crippen LogP contribution in [0.3, 0.4) is 0 Å². The number of rotatable bonds is 2. The van der Waals surface area contributed by atoms with Crippen molar-refractivity contribution in [3.05, 3.63) is 59.1 Å². The predicted molar refractivity (Wildman–Crippen MR) is 75.5 cm³/mol. The van der Waals surface area contributed by atoms with Crippen LogP contribution >= 0.6 is 11.6 Å². The van der Waals surface area contributed by atoms with Crippen molar-refractivity contribution in [3.63, 3.8) is 0 Å². The molecule has 0 aliphatic heterocycles. The van der Waals surface area contributed by atoms with E-state index in [1.54, 1.807) is 24.3 Å². The van der Waals surface area contributed by atoms with Crippen LogP contribution in [-0.4, -0.2) is 16.1 Å². The molecule has 0 unspecified atom stereocenters. The molecule has 0 spiro atoms. The van der Waals surface area contributed by atoms with Crippen molar-refractivity contribution < 1.29 is 4.79 Å². The number of para-hydroxylation sites is 1. The highest BCUT2D eigenvalue weighted by atomic mass is 35.5. The molecule has 3 aromatic rings. The van der Waals surface area contributed by atoms with Crippen LogP contribution in [0.1, 0.15) is 10.4 Å². The van der Waals surface area contributed by atoms with Crippen LogP contribution in [0.5, 0.6) is 0 Å². The minimum Gasteiger partial charge on any atom is -0.305 e. The van der Waals surface area contributed by atoms with Crippen LogP contribution < -0.4 is 5.32 Å². The van der Waals surface area contributed by atoms with Crippen LogP contribution in [0.2, 0.25) is 5.02 Å². The van der Waals surface area contributed by atoms with E-state index in [0.717, 1.165) is 10.9 Å². The number of amides is 1. The lowest BCUT2D eigenvalue weighted by atomic mass is 10.2. The molecule has 1 heterocycles. The normalized spacial score (nSPS) is 10.6. The Bertz CT molecular complexity index is 751. The fourth-order valence-corrected chi connectivity index (χ4v) is 2.10. The second kappa shape index (κ2) is 4.74. The second-order valence-electron chi connectivity index (χ2n) is 4.05. The number of hydrogen-bond donors (Lipinski definition) is 2. The molecule has 94 valence electrons. The number of nitrogens with one attached hydrogen (secondary N) is 2. The van der Waals surface area contributed by atoms with Crippen LogP contribution in [0.4, 0.5) is 5.82 Å². The van der Waals surface area contributed by atoms with Gasteiger partial charge in [-0.25, -0.2) is 0 Å². The zero-order chi connectivity index (χ0) is 13.2. The first kappa shape index (κ1) is 11.7. The van der Waals surface area contributed by atoms with Gasteiger partial charge >= 0.3 is 0 Å². The first-order valence-electron chi connectivity index (χ1n) is 5.75. The number of halogens is 1. The molecule has 0 aliphatic rings. The number of carbonyl (C=O) groups excluding carboxylic acids is 1. The molecule has 3 rings (SSSR count). The van der Waals surface area contributed by atoms with E-state index in [9.17, 15) is 4.79 Å². The number of anilines is 1. The van der Waals surface area contributed by atoms with E-state index in [-0.39, 0.29) is 5.91 Å². The van der Waals surface area contributed by atoms with Gasteiger partial charge in [0.1, 0.15) is 0 Å². The van der Waals surface area contributed by atoms with Gasteiger partial charge in [0.2, 0.25) is 0 Å². The fraction of sp³-hybridized carbons (Fsp3) is 0. The summed E-state index contributed by atoms with van der Waals surface area (Å²) in [5, 5.41) is 11.0. The molecule has 0 atom stereocenters. The number of fused-ring (bicyclic) bond motifs is 1. The van der Waals surface area contributed by atoms with E-state index >= 15 is 0 Å². The van der Waals surface area contributed by atoms with Crippen molar-refractivity contribution in [2.45, 2.75) is 0 Å². The first-order chi connectivity index (χ1) is 9.25. The maximum atomic E-state index is 12.1. The molecule has 2 aromatic carbocycles. The van der Waals surface area contributed by atoms with Crippen molar-refractivity contribution in [3.8, 4) is 0 Å². The predicted octanol–water partition coefficient (Wildman–Crippen LogP) is 3.47. The number of benzene rings is 2. The maximum absolute atomic E-state index is 12.1. The maximum Gasteiger partial charge on any atom is 0.258 e. The lowest BCUT2D eigenvalue weighted by Gasteiger charge is -2.04. The van der Waals surface area contributed by atoms with Crippen LogP contribution in [0, 0.1) is 0 Å². The van der Waals surface area contributed by atoms with Gasteiger partial charge in [0.25, 0.3) is 5.91 Å². The van der Waals surface area contributed by atoms with Crippen molar-refractivity contribution in [2.75, 3.05) is 5.32 Å². The third kappa shape index (κ3) is 2.18. The molecule has 0 saturated carbocycles. The zero-order valence-electron chi connectivity index (χ0n) is 9.85. The minimum absolute atomic E-state index is 0.275. The summed E-state index contributed by atoms with van der Waals surface area (Å²) in [7, 11) is 0. The Morgan fingerprint density at radius 3 is 2.68 bits per heavy atom. The quantitative estimate of drug-likeness (QED) is 0.750. The number of hydrogen-bond acceptors (Lipinski definition) is 2. The summed E-state index contributed by atoms with van der Waals surface area (Å²) in [5.41, 5.74) is 1.30. The van der Waals surface area contributed by atoms with Crippen molar-refractivity contribution >= 4 is 34.2 Å². The first-order valence-corrected chi connectivity index (χ1v) is 6.12. The van der Waals surface area contributed by atoms with Gasteiger partial charge in [-0.2, -0.15) is 5.10 Å². The second-order valence-corrected chi connectivity index (χ2v) is 4.46. The van der Waals surface area contributed by atoms with Gasteiger partial charge in [-0.1, -0.05) is 35.9 Å². The smallest absolute Gasteiger partial charge is 0.258 e. The summed E-state index contributed by atoms with van der Waals surface area (Å²) < 4.78 is 0. The Hall–Kier alpha value is -2.33. The van der Waals surface area contributed by atoms with Gasteiger partial charge in [0.15, 0.2) is 5.82 Å². The highest BCUT2D eigenvalue weighted by Crippen LogP contribution is 2.21. The molecular weight excluding hydrogens is 262 g/mol. The number of carbonyl (C=O) groups is 1. The van der Waals surface area contributed by atoms with Crippen LogP contribution in [-0.2, 0) is 0 Å².